The van der Waals surface area contributed by atoms with Gasteiger partial charge in [-0.1, -0.05) is 6.07 Å². The standard InChI is InChI=1S/C16H12F4N2O3/c17-13-6-11(1-2-14(13)25-16(18,19)20)12-5-10(7-21-8-12)9-22-3-4-24-15(22)23/h1-2,5-8H,3-4,9H2. The smallest absolute Gasteiger partial charge is 0.448 e. The molecule has 25 heavy (non-hydrogen) atoms. The van der Waals surface area contributed by atoms with E-state index < -0.39 is 24.0 Å². The van der Waals surface area contributed by atoms with Gasteiger partial charge >= 0.3 is 12.5 Å². The van der Waals surface area contributed by atoms with Crippen molar-refractivity contribution in [3.63, 3.8) is 0 Å². The Morgan fingerprint density at radius 1 is 1.20 bits per heavy atom. The van der Waals surface area contributed by atoms with E-state index in [1.54, 1.807) is 12.3 Å². The summed E-state index contributed by atoms with van der Waals surface area (Å²) in [6, 6.07) is 4.82. The molecule has 132 valence electrons. The van der Waals surface area contributed by atoms with Gasteiger partial charge in [-0.05, 0) is 29.3 Å². The molecule has 0 bridgehead atoms. The summed E-state index contributed by atoms with van der Waals surface area (Å²) in [4.78, 5) is 17.0. The lowest BCUT2D eigenvalue weighted by Crippen LogP contribution is -2.23. The number of aromatic nitrogens is 1. The summed E-state index contributed by atoms with van der Waals surface area (Å²) < 4.78 is 58.8. The summed E-state index contributed by atoms with van der Waals surface area (Å²) in [5, 5.41) is 0. The predicted molar refractivity (Wildman–Crippen MR) is 78.1 cm³/mol. The first-order valence-electron chi connectivity index (χ1n) is 7.23. The fourth-order valence-corrected chi connectivity index (χ4v) is 2.41. The molecule has 0 aliphatic carbocycles. The molecular weight excluding hydrogens is 344 g/mol. The molecule has 3 rings (SSSR count). The lowest BCUT2D eigenvalue weighted by atomic mass is 10.1. The molecule has 1 amide bonds. The number of hydrogen-bond acceptors (Lipinski definition) is 4. The van der Waals surface area contributed by atoms with Gasteiger partial charge in [0.1, 0.15) is 6.61 Å². The van der Waals surface area contributed by atoms with Crippen molar-refractivity contribution < 1.29 is 31.8 Å². The molecule has 2 heterocycles. The van der Waals surface area contributed by atoms with Crippen LogP contribution in [0.2, 0.25) is 0 Å². The molecule has 1 aromatic carbocycles. The molecule has 5 nitrogen and oxygen atoms in total. The van der Waals surface area contributed by atoms with Crippen molar-refractivity contribution in [3.05, 3.63) is 48.0 Å². The number of pyridine rings is 1. The molecule has 0 atom stereocenters. The highest BCUT2D eigenvalue weighted by Gasteiger charge is 2.32. The number of benzene rings is 1. The summed E-state index contributed by atoms with van der Waals surface area (Å²) in [6.07, 6.45) is -2.39. The Bertz CT molecular complexity index is 795. The van der Waals surface area contributed by atoms with Gasteiger partial charge in [0.2, 0.25) is 0 Å². The maximum atomic E-state index is 13.8. The van der Waals surface area contributed by atoms with Crippen molar-refractivity contribution in [2.75, 3.05) is 13.2 Å². The Balaban J connectivity index is 1.81. The van der Waals surface area contributed by atoms with E-state index >= 15 is 0 Å². The monoisotopic (exact) mass is 356 g/mol. The summed E-state index contributed by atoms with van der Waals surface area (Å²) in [5.74, 6) is -2.04. The second-order valence-corrected chi connectivity index (χ2v) is 5.31. The van der Waals surface area contributed by atoms with Gasteiger partial charge in [-0.2, -0.15) is 0 Å². The summed E-state index contributed by atoms with van der Waals surface area (Å²) in [7, 11) is 0. The van der Waals surface area contributed by atoms with Crippen molar-refractivity contribution in [1.82, 2.24) is 9.88 Å². The molecule has 0 N–H and O–H groups in total. The number of carbonyl (C=O) groups excluding carboxylic acids is 1. The van der Waals surface area contributed by atoms with E-state index in [0.717, 1.165) is 12.1 Å². The Hall–Kier alpha value is -2.84. The SMILES string of the molecule is O=C1OCCN1Cc1cncc(-c2ccc(OC(F)(F)F)c(F)c2)c1. The van der Waals surface area contributed by atoms with Gasteiger partial charge in [-0.25, -0.2) is 9.18 Å². The zero-order valence-corrected chi connectivity index (χ0v) is 12.7. The number of rotatable bonds is 4. The van der Waals surface area contributed by atoms with E-state index in [2.05, 4.69) is 9.72 Å². The zero-order chi connectivity index (χ0) is 18.0. The maximum absolute atomic E-state index is 13.8. The number of nitrogens with zero attached hydrogens (tertiary/aromatic N) is 2. The molecule has 1 fully saturated rings. The van der Waals surface area contributed by atoms with Crippen molar-refractivity contribution >= 4 is 6.09 Å². The van der Waals surface area contributed by atoms with Crippen molar-refractivity contribution in [2.45, 2.75) is 12.9 Å². The van der Waals surface area contributed by atoms with Crippen LogP contribution in [0.5, 0.6) is 5.75 Å². The van der Waals surface area contributed by atoms with Crippen LogP contribution >= 0.6 is 0 Å². The number of hydrogen-bond donors (Lipinski definition) is 0. The first kappa shape index (κ1) is 17.0. The Morgan fingerprint density at radius 3 is 2.64 bits per heavy atom. The van der Waals surface area contributed by atoms with E-state index in [1.807, 2.05) is 0 Å². The average Bonchev–Trinajstić information content (AvgIpc) is 2.93. The van der Waals surface area contributed by atoms with Crippen LogP contribution in [0.25, 0.3) is 11.1 Å². The largest absolute Gasteiger partial charge is 0.573 e. The van der Waals surface area contributed by atoms with Crippen molar-refractivity contribution in [1.29, 1.82) is 0 Å². The lowest BCUT2D eigenvalue weighted by molar-refractivity contribution is -0.275. The van der Waals surface area contributed by atoms with Crippen LogP contribution < -0.4 is 4.74 Å². The highest BCUT2D eigenvalue weighted by Crippen LogP contribution is 2.29. The predicted octanol–water partition coefficient (Wildman–Crippen LogP) is 3.74. The summed E-state index contributed by atoms with van der Waals surface area (Å²) >= 11 is 0. The first-order chi connectivity index (χ1) is 11.8. The number of amides is 1. The van der Waals surface area contributed by atoms with E-state index in [0.29, 0.717) is 29.8 Å². The van der Waals surface area contributed by atoms with Crippen molar-refractivity contribution in [2.24, 2.45) is 0 Å². The Kier molecular flexibility index (Phi) is 4.47. The van der Waals surface area contributed by atoms with Crippen LogP contribution in [0.1, 0.15) is 5.56 Å². The fraction of sp³-hybridized carbons (Fsp3) is 0.250. The highest BCUT2D eigenvalue weighted by molar-refractivity contribution is 5.69. The number of carbonyl (C=O) groups is 1. The molecule has 1 saturated heterocycles. The third-order valence-electron chi connectivity index (χ3n) is 3.50. The quantitative estimate of drug-likeness (QED) is 0.783. The van der Waals surface area contributed by atoms with Gasteiger partial charge in [0, 0.05) is 18.0 Å². The van der Waals surface area contributed by atoms with Gasteiger partial charge in [-0.15, -0.1) is 13.2 Å². The van der Waals surface area contributed by atoms with Gasteiger partial charge in [0.05, 0.1) is 13.1 Å². The Morgan fingerprint density at radius 2 is 2.00 bits per heavy atom. The second-order valence-electron chi connectivity index (χ2n) is 5.31. The van der Waals surface area contributed by atoms with Crippen LogP contribution in [0, 0.1) is 5.82 Å². The normalized spacial score (nSPS) is 14.6. The second kappa shape index (κ2) is 6.58. The van der Waals surface area contributed by atoms with Gasteiger partial charge in [0.25, 0.3) is 0 Å². The molecule has 0 unspecified atom stereocenters. The van der Waals surface area contributed by atoms with Gasteiger partial charge in [0.15, 0.2) is 11.6 Å². The number of alkyl halides is 3. The van der Waals surface area contributed by atoms with Crippen molar-refractivity contribution in [3.8, 4) is 16.9 Å². The molecule has 0 radical (unpaired) electrons. The van der Waals surface area contributed by atoms with Crippen LogP contribution in [0.3, 0.4) is 0 Å². The van der Waals surface area contributed by atoms with Crippen LogP contribution in [0.4, 0.5) is 22.4 Å². The minimum atomic E-state index is -4.96. The van der Waals surface area contributed by atoms with E-state index in [4.69, 9.17) is 4.74 Å². The molecule has 1 aromatic heterocycles. The molecule has 0 saturated carbocycles. The topological polar surface area (TPSA) is 51.7 Å². The third-order valence-corrected chi connectivity index (χ3v) is 3.50. The zero-order valence-electron chi connectivity index (χ0n) is 12.7. The minimum absolute atomic E-state index is 0.275. The summed E-state index contributed by atoms with van der Waals surface area (Å²) in [6.45, 7) is 1.05. The average molecular weight is 356 g/mol. The molecule has 1 aliphatic heterocycles. The molecule has 2 aromatic rings. The fourth-order valence-electron chi connectivity index (χ4n) is 2.41. The highest BCUT2D eigenvalue weighted by atomic mass is 19.4. The molecule has 1 aliphatic rings. The van der Waals surface area contributed by atoms with Gasteiger partial charge < -0.3 is 14.4 Å². The van der Waals surface area contributed by atoms with Crippen LogP contribution in [-0.2, 0) is 11.3 Å². The minimum Gasteiger partial charge on any atom is -0.448 e. The third kappa shape index (κ3) is 4.17. The molecular formula is C16H12F4N2O3. The number of halogens is 4. The van der Waals surface area contributed by atoms with Crippen LogP contribution in [-0.4, -0.2) is 35.5 Å². The number of cyclic esters (lactones) is 1. The van der Waals surface area contributed by atoms with E-state index in [1.165, 1.54) is 17.2 Å². The molecule has 0 spiro atoms. The molecule has 9 heteroatoms. The van der Waals surface area contributed by atoms with E-state index in [-0.39, 0.29) is 6.54 Å². The maximum Gasteiger partial charge on any atom is 0.573 e. The lowest BCUT2D eigenvalue weighted by Gasteiger charge is -2.13. The summed E-state index contributed by atoms with van der Waals surface area (Å²) in [5.41, 5.74) is 1.53. The van der Waals surface area contributed by atoms with Gasteiger partial charge in [-0.3, -0.25) is 4.98 Å². The number of ether oxygens (including phenoxy) is 2. The van der Waals surface area contributed by atoms with Crippen LogP contribution in [0.15, 0.2) is 36.7 Å². The first-order valence-corrected chi connectivity index (χ1v) is 7.23. The Labute approximate surface area is 139 Å². The van der Waals surface area contributed by atoms with E-state index in [9.17, 15) is 22.4 Å².